The molecule has 0 saturated heterocycles. The van der Waals surface area contributed by atoms with E-state index in [4.69, 9.17) is 0 Å². The van der Waals surface area contributed by atoms with E-state index in [0.717, 1.165) is 22.9 Å². The number of halogens is 1. The fourth-order valence-electron chi connectivity index (χ4n) is 2.17. The second-order valence-electron chi connectivity index (χ2n) is 3.90. The van der Waals surface area contributed by atoms with Crippen LogP contribution in [0.15, 0.2) is 16.6 Å². The Kier molecular flexibility index (Phi) is 3.22. The van der Waals surface area contributed by atoms with E-state index >= 15 is 0 Å². The lowest BCUT2D eigenvalue weighted by atomic mass is 10.00. The van der Waals surface area contributed by atoms with Crippen molar-refractivity contribution in [1.29, 1.82) is 0 Å². The number of carbonyl (C=O) groups is 1. The Balaban J connectivity index is 2.42. The number of benzene rings is 1. The quantitative estimate of drug-likeness (QED) is 0.852. The molecular weight excluding hydrogens is 254 g/mol. The number of nitrogens with one attached hydrogen (secondary N) is 1. The summed E-state index contributed by atoms with van der Waals surface area (Å²) in [6, 6.07) is 4.09. The molecule has 1 N–H and O–H groups in total. The average Bonchev–Trinajstić information content (AvgIpc) is 2.64. The van der Waals surface area contributed by atoms with Crippen molar-refractivity contribution in [2.24, 2.45) is 0 Å². The van der Waals surface area contributed by atoms with E-state index in [-0.39, 0.29) is 5.78 Å². The van der Waals surface area contributed by atoms with Crippen LogP contribution in [-0.4, -0.2) is 19.4 Å². The molecule has 2 nitrogen and oxygen atoms in total. The van der Waals surface area contributed by atoms with Gasteiger partial charge in [0.15, 0.2) is 5.78 Å². The summed E-state index contributed by atoms with van der Waals surface area (Å²) in [6.45, 7) is 0.420. The van der Waals surface area contributed by atoms with Crippen molar-refractivity contribution in [1.82, 2.24) is 5.32 Å². The lowest BCUT2D eigenvalue weighted by Gasteiger charge is -2.08. The summed E-state index contributed by atoms with van der Waals surface area (Å²) >= 11 is 3.46. The van der Waals surface area contributed by atoms with Crippen molar-refractivity contribution < 1.29 is 4.79 Å². The Morgan fingerprint density at radius 1 is 1.47 bits per heavy atom. The zero-order chi connectivity index (χ0) is 10.8. The maximum atomic E-state index is 11.9. The molecule has 2 rings (SSSR count). The third kappa shape index (κ3) is 2.13. The molecule has 1 aromatic carbocycles. The van der Waals surface area contributed by atoms with Crippen molar-refractivity contribution in [3.05, 3.63) is 33.3 Å². The highest BCUT2D eigenvalue weighted by atomic mass is 79.9. The second kappa shape index (κ2) is 4.45. The van der Waals surface area contributed by atoms with Gasteiger partial charge in [-0.15, -0.1) is 0 Å². The van der Waals surface area contributed by atoms with Crippen LogP contribution in [0.1, 0.15) is 27.9 Å². The van der Waals surface area contributed by atoms with Gasteiger partial charge in [0.1, 0.15) is 0 Å². The fraction of sp³-hybridized carbons (Fsp3) is 0.417. The van der Waals surface area contributed by atoms with Crippen LogP contribution in [-0.2, 0) is 12.8 Å². The molecule has 1 aliphatic rings. The highest BCUT2D eigenvalue weighted by Gasteiger charge is 2.19. The molecule has 1 aromatic rings. The predicted molar refractivity (Wildman–Crippen MR) is 64.4 cm³/mol. The van der Waals surface area contributed by atoms with Crippen molar-refractivity contribution in [2.75, 3.05) is 13.6 Å². The molecule has 1 aliphatic carbocycles. The smallest absolute Gasteiger partial charge is 0.176 e. The molecule has 3 heteroatoms. The van der Waals surface area contributed by atoms with Crippen LogP contribution in [0.25, 0.3) is 0 Å². The highest BCUT2D eigenvalue weighted by Crippen LogP contribution is 2.29. The first-order chi connectivity index (χ1) is 7.22. The van der Waals surface area contributed by atoms with Crippen LogP contribution in [0, 0.1) is 0 Å². The van der Waals surface area contributed by atoms with Crippen molar-refractivity contribution in [2.45, 2.75) is 19.3 Å². The summed E-state index contributed by atoms with van der Waals surface area (Å²) in [5.41, 5.74) is 3.49. The van der Waals surface area contributed by atoms with E-state index < -0.39 is 0 Å². The molecule has 0 aliphatic heterocycles. The van der Waals surface area contributed by atoms with E-state index in [1.807, 2.05) is 6.07 Å². The van der Waals surface area contributed by atoms with Gasteiger partial charge in [0.25, 0.3) is 0 Å². The molecule has 0 unspecified atom stereocenters. The molecule has 0 spiro atoms. The summed E-state index contributed by atoms with van der Waals surface area (Å²) < 4.78 is 1.02. The SMILES string of the molecule is CNCC(=O)c1cc(Br)cc2c1CCC2. The zero-order valence-corrected chi connectivity index (χ0v) is 10.4. The minimum absolute atomic E-state index is 0.192. The molecule has 0 amide bonds. The Hall–Kier alpha value is -0.670. The Labute approximate surface area is 98.2 Å². The lowest BCUT2D eigenvalue weighted by Crippen LogP contribution is -2.19. The largest absolute Gasteiger partial charge is 0.313 e. The molecule has 0 bridgehead atoms. The molecule has 15 heavy (non-hydrogen) atoms. The number of aryl methyl sites for hydroxylation is 1. The number of hydrogen-bond acceptors (Lipinski definition) is 2. The van der Waals surface area contributed by atoms with Crippen LogP contribution in [0.5, 0.6) is 0 Å². The molecule has 0 radical (unpaired) electrons. The van der Waals surface area contributed by atoms with Gasteiger partial charge >= 0.3 is 0 Å². The number of hydrogen-bond donors (Lipinski definition) is 1. The van der Waals surface area contributed by atoms with Crippen molar-refractivity contribution >= 4 is 21.7 Å². The number of fused-ring (bicyclic) bond motifs is 1. The summed E-state index contributed by atoms with van der Waals surface area (Å²) in [6.07, 6.45) is 3.33. The van der Waals surface area contributed by atoms with E-state index in [1.165, 1.54) is 17.5 Å². The summed E-state index contributed by atoms with van der Waals surface area (Å²) in [7, 11) is 1.80. The maximum absolute atomic E-state index is 11.9. The standard InChI is InChI=1S/C12H14BrNO/c1-14-7-12(15)11-6-9(13)5-8-3-2-4-10(8)11/h5-6,14H,2-4,7H2,1H3. The van der Waals surface area contributed by atoms with Gasteiger partial charge in [-0.25, -0.2) is 0 Å². The number of ketones is 1. The van der Waals surface area contributed by atoms with Crippen LogP contribution in [0.4, 0.5) is 0 Å². The first-order valence-corrected chi connectivity index (χ1v) is 6.01. The van der Waals surface area contributed by atoms with Crippen molar-refractivity contribution in [3.8, 4) is 0 Å². The van der Waals surface area contributed by atoms with Gasteiger partial charge in [0.05, 0.1) is 6.54 Å². The van der Waals surface area contributed by atoms with Crippen LogP contribution < -0.4 is 5.32 Å². The van der Waals surface area contributed by atoms with E-state index in [0.29, 0.717) is 6.54 Å². The summed E-state index contributed by atoms with van der Waals surface area (Å²) in [5.74, 6) is 0.192. The normalized spacial score (nSPS) is 14.0. The predicted octanol–water partition coefficient (Wildman–Crippen LogP) is 2.34. The lowest BCUT2D eigenvalue weighted by molar-refractivity contribution is 0.0992. The van der Waals surface area contributed by atoms with Crippen LogP contribution in [0.3, 0.4) is 0 Å². The average molecular weight is 268 g/mol. The van der Waals surface area contributed by atoms with E-state index in [2.05, 4.69) is 27.3 Å². The summed E-state index contributed by atoms with van der Waals surface area (Å²) in [5, 5.41) is 2.91. The fourth-order valence-corrected chi connectivity index (χ4v) is 2.68. The Morgan fingerprint density at radius 2 is 2.27 bits per heavy atom. The van der Waals surface area contributed by atoms with Crippen LogP contribution >= 0.6 is 15.9 Å². The number of rotatable bonds is 3. The van der Waals surface area contributed by atoms with Gasteiger partial charge in [-0.2, -0.15) is 0 Å². The zero-order valence-electron chi connectivity index (χ0n) is 8.77. The third-order valence-electron chi connectivity index (χ3n) is 2.82. The highest BCUT2D eigenvalue weighted by molar-refractivity contribution is 9.10. The second-order valence-corrected chi connectivity index (χ2v) is 4.81. The minimum atomic E-state index is 0.192. The molecule has 0 atom stereocenters. The molecular formula is C12H14BrNO. The topological polar surface area (TPSA) is 29.1 Å². The molecule has 80 valence electrons. The summed E-state index contributed by atoms with van der Waals surface area (Å²) in [4.78, 5) is 11.9. The van der Waals surface area contributed by atoms with Crippen molar-refractivity contribution in [3.63, 3.8) is 0 Å². The van der Waals surface area contributed by atoms with Gasteiger partial charge in [-0.1, -0.05) is 15.9 Å². The molecule has 0 saturated carbocycles. The minimum Gasteiger partial charge on any atom is -0.313 e. The third-order valence-corrected chi connectivity index (χ3v) is 3.28. The Morgan fingerprint density at radius 3 is 3.00 bits per heavy atom. The first-order valence-electron chi connectivity index (χ1n) is 5.21. The van der Waals surface area contributed by atoms with E-state index in [1.54, 1.807) is 7.05 Å². The van der Waals surface area contributed by atoms with Gasteiger partial charge in [0.2, 0.25) is 0 Å². The molecule has 0 fully saturated rings. The first kappa shape index (κ1) is 10.8. The van der Waals surface area contributed by atoms with Gasteiger partial charge in [-0.3, -0.25) is 4.79 Å². The monoisotopic (exact) mass is 267 g/mol. The van der Waals surface area contributed by atoms with Gasteiger partial charge < -0.3 is 5.32 Å². The van der Waals surface area contributed by atoms with Crippen LogP contribution in [0.2, 0.25) is 0 Å². The van der Waals surface area contributed by atoms with Gasteiger partial charge in [-0.05, 0) is 49.6 Å². The Bertz CT molecular complexity index is 401. The molecule has 0 heterocycles. The van der Waals surface area contributed by atoms with E-state index in [9.17, 15) is 4.79 Å². The number of Topliss-reactive ketones (excluding diaryl/α,β-unsaturated/α-hetero) is 1. The number of carbonyl (C=O) groups excluding carboxylic acids is 1. The number of likely N-dealkylation sites (N-methyl/N-ethyl adjacent to an activating group) is 1. The maximum Gasteiger partial charge on any atom is 0.176 e. The molecule has 0 aromatic heterocycles. The van der Waals surface area contributed by atoms with Gasteiger partial charge in [0, 0.05) is 10.0 Å².